The number of anilines is 1. The second kappa shape index (κ2) is 7.09. The first-order valence-corrected chi connectivity index (χ1v) is 8.61. The van der Waals surface area contributed by atoms with Crippen molar-refractivity contribution < 1.29 is 0 Å². The van der Waals surface area contributed by atoms with Crippen LogP contribution in [0.2, 0.25) is 0 Å². The summed E-state index contributed by atoms with van der Waals surface area (Å²) in [4.78, 5) is 0. The smallest absolute Gasteiger partial charge is 0.174 e. The van der Waals surface area contributed by atoms with E-state index in [1.165, 1.54) is 16.8 Å². The van der Waals surface area contributed by atoms with Gasteiger partial charge in [0.15, 0.2) is 4.34 Å². The molecule has 0 aliphatic carbocycles. The lowest BCUT2D eigenvalue weighted by Crippen LogP contribution is -2.03. The number of aryl methyl sites for hydroxylation is 2. The zero-order chi connectivity index (χ0) is 14.5. The third-order valence-corrected chi connectivity index (χ3v) is 4.95. The van der Waals surface area contributed by atoms with Gasteiger partial charge in [0.25, 0.3) is 0 Å². The number of hydrogen-bond acceptors (Lipinski definition) is 5. The number of rotatable bonds is 6. The minimum atomic E-state index is 0.548. The van der Waals surface area contributed by atoms with E-state index in [1.54, 1.807) is 23.1 Å². The molecule has 1 aromatic carbocycles. The molecule has 5 heteroatoms. The normalized spacial score (nSPS) is 11.1. The van der Waals surface area contributed by atoms with Gasteiger partial charge in [-0.25, -0.2) is 0 Å². The molecule has 0 atom stereocenters. The Kier molecular flexibility index (Phi) is 5.43. The summed E-state index contributed by atoms with van der Waals surface area (Å²) in [6.07, 6.45) is 1.04. The Hall–Kier alpha value is -1.07. The summed E-state index contributed by atoms with van der Waals surface area (Å²) in [5.74, 6) is 0. The first-order chi connectivity index (χ1) is 9.60. The summed E-state index contributed by atoms with van der Waals surface area (Å²) in [7, 11) is 0. The summed E-state index contributed by atoms with van der Waals surface area (Å²) in [5.41, 5.74) is 3.88. The number of nitrogens with zero attached hydrogens (tertiary/aromatic N) is 2. The Morgan fingerprint density at radius 1 is 1.30 bits per heavy atom. The minimum Gasteiger partial charge on any atom is -0.378 e. The van der Waals surface area contributed by atoms with Crippen molar-refractivity contribution in [1.29, 1.82) is 0 Å². The lowest BCUT2D eigenvalue weighted by molar-refractivity contribution is 0.941. The van der Waals surface area contributed by atoms with Crippen molar-refractivity contribution in [2.24, 2.45) is 0 Å². The van der Waals surface area contributed by atoms with Crippen LogP contribution in [-0.4, -0.2) is 15.4 Å². The predicted molar refractivity (Wildman–Crippen MR) is 88.8 cm³/mol. The standard InChI is InChI=1S/C15H21N3S2/c1-5-12-8-6-7-11(4)14(12)16-9-13-17-18-15(20-13)19-10(2)3/h6-8,10,16H,5,9H2,1-4H3. The lowest BCUT2D eigenvalue weighted by Gasteiger charge is -2.12. The van der Waals surface area contributed by atoms with E-state index in [1.807, 2.05) is 0 Å². The Morgan fingerprint density at radius 3 is 2.80 bits per heavy atom. The molecule has 20 heavy (non-hydrogen) atoms. The van der Waals surface area contributed by atoms with Crippen LogP contribution in [0, 0.1) is 6.92 Å². The van der Waals surface area contributed by atoms with Gasteiger partial charge in [0, 0.05) is 10.9 Å². The summed E-state index contributed by atoms with van der Waals surface area (Å²) in [6, 6.07) is 6.43. The second-order valence-electron chi connectivity index (χ2n) is 4.94. The molecule has 2 rings (SSSR count). The average Bonchev–Trinajstić information content (AvgIpc) is 2.83. The molecule has 0 amide bonds. The first-order valence-electron chi connectivity index (χ1n) is 6.91. The van der Waals surface area contributed by atoms with Gasteiger partial charge in [0.1, 0.15) is 5.01 Å². The molecule has 1 aromatic heterocycles. The molecule has 1 heterocycles. The van der Waals surface area contributed by atoms with E-state index in [2.05, 4.69) is 61.4 Å². The average molecular weight is 307 g/mol. The number of benzene rings is 1. The molecule has 0 saturated carbocycles. The fraction of sp³-hybridized carbons (Fsp3) is 0.467. The van der Waals surface area contributed by atoms with Gasteiger partial charge in [-0.1, -0.05) is 62.1 Å². The third kappa shape index (κ3) is 3.96. The fourth-order valence-corrected chi connectivity index (χ4v) is 4.06. The number of para-hydroxylation sites is 1. The minimum absolute atomic E-state index is 0.548. The number of nitrogens with one attached hydrogen (secondary N) is 1. The number of aromatic nitrogens is 2. The van der Waals surface area contributed by atoms with E-state index < -0.39 is 0 Å². The van der Waals surface area contributed by atoms with Gasteiger partial charge in [-0.2, -0.15) is 0 Å². The highest BCUT2D eigenvalue weighted by molar-refractivity contribution is 8.01. The maximum absolute atomic E-state index is 4.25. The predicted octanol–water partition coefficient (Wildman–Crippen LogP) is 4.52. The second-order valence-corrected chi connectivity index (χ2v) is 7.83. The Labute approximate surface area is 129 Å². The largest absolute Gasteiger partial charge is 0.378 e. The molecule has 0 fully saturated rings. The molecule has 0 aliphatic heterocycles. The molecule has 0 saturated heterocycles. The molecule has 2 aromatic rings. The lowest BCUT2D eigenvalue weighted by atomic mass is 10.1. The van der Waals surface area contributed by atoms with Gasteiger partial charge >= 0.3 is 0 Å². The molecule has 3 nitrogen and oxygen atoms in total. The van der Waals surface area contributed by atoms with Gasteiger partial charge < -0.3 is 5.32 Å². The van der Waals surface area contributed by atoms with Crippen LogP contribution in [0.1, 0.15) is 36.9 Å². The van der Waals surface area contributed by atoms with E-state index in [4.69, 9.17) is 0 Å². The van der Waals surface area contributed by atoms with Crippen LogP contribution in [0.3, 0.4) is 0 Å². The van der Waals surface area contributed by atoms with Crippen molar-refractivity contribution in [3.63, 3.8) is 0 Å². The summed E-state index contributed by atoms with van der Waals surface area (Å²) >= 11 is 3.45. The van der Waals surface area contributed by atoms with Crippen molar-refractivity contribution in [3.05, 3.63) is 34.3 Å². The van der Waals surface area contributed by atoms with Crippen molar-refractivity contribution >= 4 is 28.8 Å². The van der Waals surface area contributed by atoms with E-state index in [-0.39, 0.29) is 0 Å². The van der Waals surface area contributed by atoms with Crippen LogP contribution in [0.15, 0.2) is 22.5 Å². The summed E-state index contributed by atoms with van der Waals surface area (Å²) in [5, 5.41) is 13.6. The van der Waals surface area contributed by atoms with E-state index in [0.29, 0.717) is 5.25 Å². The molecule has 0 unspecified atom stereocenters. The van der Waals surface area contributed by atoms with Gasteiger partial charge in [-0.3, -0.25) is 0 Å². The van der Waals surface area contributed by atoms with Crippen LogP contribution in [0.25, 0.3) is 0 Å². The first kappa shape index (κ1) is 15.3. The van der Waals surface area contributed by atoms with Gasteiger partial charge in [0.05, 0.1) is 6.54 Å². The maximum atomic E-state index is 4.25. The van der Waals surface area contributed by atoms with Crippen LogP contribution >= 0.6 is 23.1 Å². The zero-order valence-electron chi connectivity index (χ0n) is 12.4. The quantitative estimate of drug-likeness (QED) is 0.796. The van der Waals surface area contributed by atoms with Crippen LogP contribution in [0.4, 0.5) is 5.69 Å². The van der Waals surface area contributed by atoms with Gasteiger partial charge in [0.2, 0.25) is 0 Å². The Morgan fingerprint density at radius 2 is 2.10 bits per heavy atom. The third-order valence-electron chi connectivity index (χ3n) is 2.94. The Bertz CT molecular complexity index is 564. The number of hydrogen-bond donors (Lipinski definition) is 1. The van der Waals surface area contributed by atoms with Crippen molar-refractivity contribution in [2.75, 3.05) is 5.32 Å². The van der Waals surface area contributed by atoms with Crippen molar-refractivity contribution in [2.45, 2.75) is 50.3 Å². The molecule has 108 valence electrons. The highest BCUT2D eigenvalue weighted by atomic mass is 32.2. The monoisotopic (exact) mass is 307 g/mol. The molecular formula is C15H21N3S2. The van der Waals surface area contributed by atoms with Gasteiger partial charge in [-0.15, -0.1) is 10.2 Å². The summed E-state index contributed by atoms with van der Waals surface area (Å²) in [6.45, 7) is 9.41. The van der Waals surface area contributed by atoms with E-state index >= 15 is 0 Å². The SMILES string of the molecule is CCc1cccc(C)c1NCc1nnc(SC(C)C)s1. The van der Waals surface area contributed by atoms with Crippen molar-refractivity contribution in [3.8, 4) is 0 Å². The summed E-state index contributed by atoms with van der Waals surface area (Å²) < 4.78 is 1.05. The molecule has 0 spiro atoms. The Balaban J connectivity index is 2.03. The molecule has 0 radical (unpaired) electrons. The molecule has 1 N–H and O–H groups in total. The molecular weight excluding hydrogens is 286 g/mol. The van der Waals surface area contributed by atoms with Gasteiger partial charge in [-0.05, 0) is 24.5 Å². The van der Waals surface area contributed by atoms with E-state index in [0.717, 1.165) is 22.3 Å². The maximum Gasteiger partial charge on any atom is 0.174 e. The van der Waals surface area contributed by atoms with Crippen LogP contribution in [0.5, 0.6) is 0 Å². The van der Waals surface area contributed by atoms with Crippen LogP contribution in [-0.2, 0) is 13.0 Å². The number of thioether (sulfide) groups is 1. The zero-order valence-corrected chi connectivity index (χ0v) is 14.1. The molecule has 0 aliphatic rings. The van der Waals surface area contributed by atoms with E-state index in [9.17, 15) is 0 Å². The van der Waals surface area contributed by atoms with Crippen LogP contribution < -0.4 is 5.32 Å². The molecule has 0 bridgehead atoms. The van der Waals surface area contributed by atoms with Crippen molar-refractivity contribution in [1.82, 2.24) is 10.2 Å². The topological polar surface area (TPSA) is 37.8 Å². The highest BCUT2D eigenvalue weighted by Crippen LogP contribution is 2.27. The highest BCUT2D eigenvalue weighted by Gasteiger charge is 2.08. The fourth-order valence-electron chi connectivity index (χ4n) is 2.00.